The van der Waals surface area contributed by atoms with Crippen LogP contribution in [0.15, 0.2) is 48.5 Å². The number of hydrogen-bond donors (Lipinski definition) is 1. The van der Waals surface area contributed by atoms with Gasteiger partial charge in [0.2, 0.25) is 0 Å². The van der Waals surface area contributed by atoms with Crippen molar-refractivity contribution in [1.29, 1.82) is 0 Å². The molecule has 0 bridgehead atoms. The first-order valence-electron chi connectivity index (χ1n) is 10.1. The van der Waals surface area contributed by atoms with Crippen LogP contribution >= 0.6 is 0 Å². The second-order valence-electron chi connectivity index (χ2n) is 8.69. The van der Waals surface area contributed by atoms with Gasteiger partial charge in [0.05, 0.1) is 6.54 Å². The highest BCUT2D eigenvalue weighted by Crippen LogP contribution is 2.30. The third-order valence-corrected chi connectivity index (χ3v) is 5.97. The number of aliphatic hydroxyl groups is 1. The lowest BCUT2D eigenvalue weighted by atomic mass is 9.95. The van der Waals surface area contributed by atoms with E-state index in [-0.39, 0.29) is 5.82 Å². The second-order valence-corrected chi connectivity index (χ2v) is 8.69. The number of benzene rings is 2. The first-order valence-corrected chi connectivity index (χ1v) is 10.1. The quantitative estimate of drug-likeness (QED) is 0.686. The number of nitrogens with zero attached hydrogens (tertiary/aromatic N) is 2. The van der Waals surface area contributed by atoms with E-state index < -0.39 is 5.60 Å². The largest absolute Gasteiger partial charge is 0.384 e. The maximum absolute atomic E-state index is 13.3. The van der Waals surface area contributed by atoms with E-state index in [1.165, 1.54) is 35.2 Å². The summed E-state index contributed by atoms with van der Waals surface area (Å²) >= 11 is 0. The van der Waals surface area contributed by atoms with E-state index in [1.54, 1.807) is 12.1 Å². The van der Waals surface area contributed by atoms with Crippen LogP contribution in [-0.4, -0.2) is 27.7 Å². The summed E-state index contributed by atoms with van der Waals surface area (Å²) < 4.78 is 15.6. The molecular formula is C24H29FN2O. The second kappa shape index (κ2) is 7.34. The van der Waals surface area contributed by atoms with Crippen LogP contribution in [0, 0.1) is 18.7 Å². The van der Waals surface area contributed by atoms with Gasteiger partial charge in [-0.25, -0.2) is 4.39 Å². The molecule has 2 aromatic carbocycles. The summed E-state index contributed by atoms with van der Waals surface area (Å²) in [5.41, 5.74) is 3.23. The number of likely N-dealkylation sites (tertiary alicyclic amines) is 1. The van der Waals surface area contributed by atoms with Gasteiger partial charge in [0.1, 0.15) is 11.4 Å². The fraction of sp³-hybridized carbons (Fsp3) is 0.417. The van der Waals surface area contributed by atoms with Gasteiger partial charge < -0.3 is 9.67 Å². The lowest BCUT2D eigenvalue weighted by Gasteiger charge is -2.27. The summed E-state index contributed by atoms with van der Waals surface area (Å²) in [4.78, 5) is 2.49. The van der Waals surface area contributed by atoms with Crippen LogP contribution in [0.5, 0.6) is 0 Å². The van der Waals surface area contributed by atoms with Crippen LogP contribution in [-0.2, 0) is 18.7 Å². The smallest absolute Gasteiger partial charge is 0.123 e. The molecule has 0 saturated carbocycles. The molecule has 0 spiro atoms. The molecule has 1 fully saturated rings. The average Bonchev–Trinajstić information content (AvgIpc) is 3.18. The van der Waals surface area contributed by atoms with E-state index >= 15 is 0 Å². The van der Waals surface area contributed by atoms with E-state index in [0.29, 0.717) is 6.54 Å². The Balaban J connectivity index is 1.71. The van der Waals surface area contributed by atoms with Gasteiger partial charge in [0.25, 0.3) is 0 Å². The number of rotatable bonds is 5. The molecule has 1 aliphatic heterocycles. The molecular weight excluding hydrogens is 351 g/mol. The van der Waals surface area contributed by atoms with Crippen molar-refractivity contribution in [2.75, 3.05) is 13.1 Å². The minimum absolute atomic E-state index is 0.287. The molecule has 3 aromatic rings. The SMILES string of the molecule is Cc1ccc2c(c1)cc(CN1CCC(C)C1)n2CC(C)(O)c1ccc(F)cc1. The molecule has 2 unspecified atom stereocenters. The summed E-state index contributed by atoms with van der Waals surface area (Å²) in [6.45, 7) is 9.78. The summed E-state index contributed by atoms with van der Waals surface area (Å²) in [7, 11) is 0. The maximum Gasteiger partial charge on any atom is 0.123 e. The van der Waals surface area contributed by atoms with E-state index in [2.05, 4.69) is 47.6 Å². The third kappa shape index (κ3) is 3.85. The lowest BCUT2D eigenvalue weighted by Crippen LogP contribution is -2.30. The number of fused-ring (bicyclic) bond motifs is 1. The Hall–Kier alpha value is -2.17. The lowest BCUT2D eigenvalue weighted by molar-refractivity contribution is 0.0382. The highest BCUT2D eigenvalue weighted by Gasteiger charge is 2.27. The van der Waals surface area contributed by atoms with Gasteiger partial charge in [0, 0.05) is 29.7 Å². The Morgan fingerprint density at radius 2 is 1.89 bits per heavy atom. The molecule has 4 heteroatoms. The van der Waals surface area contributed by atoms with Gasteiger partial charge >= 0.3 is 0 Å². The normalized spacial score (nSPS) is 20.0. The van der Waals surface area contributed by atoms with Crippen molar-refractivity contribution in [3.05, 3.63) is 71.2 Å². The van der Waals surface area contributed by atoms with Crippen molar-refractivity contribution < 1.29 is 9.50 Å². The summed E-state index contributed by atoms with van der Waals surface area (Å²) in [6.07, 6.45) is 1.24. The first-order chi connectivity index (χ1) is 13.3. The Morgan fingerprint density at radius 3 is 2.57 bits per heavy atom. The van der Waals surface area contributed by atoms with Crippen LogP contribution in [0.1, 0.15) is 37.1 Å². The fourth-order valence-corrected chi connectivity index (χ4v) is 4.37. The van der Waals surface area contributed by atoms with E-state index in [4.69, 9.17) is 0 Å². The number of aryl methyl sites for hydroxylation is 1. The van der Waals surface area contributed by atoms with Gasteiger partial charge in [-0.1, -0.05) is 30.7 Å². The van der Waals surface area contributed by atoms with Crippen molar-refractivity contribution >= 4 is 10.9 Å². The van der Waals surface area contributed by atoms with Crippen LogP contribution in [0.4, 0.5) is 4.39 Å². The van der Waals surface area contributed by atoms with Crippen molar-refractivity contribution in [3.63, 3.8) is 0 Å². The molecule has 3 nitrogen and oxygen atoms in total. The molecule has 0 aliphatic carbocycles. The molecule has 0 amide bonds. The molecule has 1 N–H and O–H groups in total. The standard InChI is InChI=1S/C24H29FN2O/c1-17-4-9-23-19(12-17)13-22(15-26-11-10-18(2)14-26)27(23)16-24(3,28)20-5-7-21(25)8-6-20/h4-9,12-13,18,28H,10-11,14-16H2,1-3H3. The van der Waals surface area contributed by atoms with Gasteiger partial charge in [0.15, 0.2) is 0 Å². The van der Waals surface area contributed by atoms with E-state index in [0.717, 1.165) is 36.6 Å². The topological polar surface area (TPSA) is 28.4 Å². The Kier molecular flexibility index (Phi) is 5.02. The van der Waals surface area contributed by atoms with Gasteiger partial charge in [-0.05, 0) is 68.6 Å². The predicted octanol–water partition coefficient (Wildman–Crippen LogP) is 4.84. The molecule has 1 aromatic heterocycles. The van der Waals surface area contributed by atoms with Crippen LogP contribution in [0.25, 0.3) is 10.9 Å². The minimum atomic E-state index is -1.09. The zero-order valence-corrected chi connectivity index (χ0v) is 17.0. The van der Waals surface area contributed by atoms with Crippen molar-refractivity contribution in [1.82, 2.24) is 9.47 Å². The molecule has 1 saturated heterocycles. The molecule has 4 rings (SSSR count). The van der Waals surface area contributed by atoms with E-state index in [9.17, 15) is 9.50 Å². The number of hydrogen-bond acceptors (Lipinski definition) is 2. The molecule has 2 heterocycles. The Bertz CT molecular complexity index is 974. The molecule has 1 aliphatic rings. The average molecular weight is 381 g/mol. The minimum Gasteiger partial charge on any atom is -0.384 e. The Morgan fingerprint density at radius 1 is 1.14 bits per heavy atom. The highest BCUT2D eigenvalue weighted by molar-refractivity contribution is 5.82. The van der Waals surface area contributed by atoms with Crippen LogP contribution < -0.4 is 0 Å². The highest BCUT2D eigenvalue weighted by atomic mass is 19.1. The monoisotopic (exact) mass is 380 g/mol. The third-order valence-electron chi connectivity index (χ3n) is 5.97. The van der Waals surface area contributed by atoms with E-state index in [1.807, 2.05) is 6.92 Å². The van der Waals surface area contributed by atoms with Gasteiger partial charge in [-0.2, -0.15) is 0 Å². The van der Waals surface area contributed by atoms with Crippen molar-refractivity contribution in [3.8, 4) is 0 Å². The predicted molar refractivity (Wildman–Crippen MR) is 112 cm³/mol. The first kappa shape index (κ1) is 19.2. The van der Waals surface area contributed by atoms with Crippen molar-refractivity contribution in [2.45, 2.75) is 45.9 Å². The van der Waals surface area contributed by atoms with Gasteiger partial charge in [-0.15, -0.1) is 0 Å². The summed E-state index contributed by atoms with van der Waals surface area (Å²) in [5.74, 6) is 0.452. The summed E-state index contributed by atoms with van der Waals surface area (Å²) in [6, 6.07) is 14.9. The number of aromatic nitrogens is 1. The zero-order valence-electron chi connectivity index (χ0n) is 17.0. The van der Waals surface area contributed by atoms with Crippen LogP contribution in [0.2, 0.25) is 0 Å². The molecule has 0 radical (unpaired) electrons. The Labute approximate surface area is 166 Å². The maximum atomic E-state index is 13.3. The number of halogens is 1. The molecule has 2 atom stereocenters. The molecule has 28 heavy (non-hydrogen) atoms. The van der Waals surface area contributed by atoms with Crippen LogP contribution in [0.3, 0.4) is 0 Å². The van der Waals surface area contributed by atoms with Crippen molar-refractivity contribution in [2.24, 2.45) is 5.92 Å². The zero-order chi connectivity index (χ0) is 19.9. The fourth-order valence-electron chi connectivity index (χ4n) is 4.37. The molecule has 148 valence electrons. The summed E-state index contributed by atoms with van der Waals surface area (Å²) in [5, 5.41) is 12.4. The van der Waals surface area contributed by atoms with Gasteiger partial charge in [-0.3, -0.25) is 4.90 Å².